The van der Waals surface area contributed by atoms with Crippen molar-refractivity contribution in [3.63, 3.8) is 0 Å². The zero-order chi connectivity index (χ0) is 88.8. The monoisotopic (exact) mass is 1740 g/mol. The molecule has 0 bridgehead atoms. The van der Waals surface area contributed by atoms with Crippen molar-refractivity contribution >= 4 is 115 Å². The molecule has 0 atom stereocenters. The molecule has 125 heavy (non-hydrogen) atoms. The molecular formula is C90H108F10N20O5. The highest BCUT2D eigenvalue weighted by molar-refractivity contribution is 5.95. The molecule has 1 aromatic carbocycles. The molecule has 0 radical (unpaired) electrons. The molecule has 35 heteroatoms. The fourth-order valence-corrected chi connectivity index (χ4v) is 16.7. The number of aryl methyl sites for hydroxylation is 2. The minimum absolute atomic E-state index is 0.00458. The lowest BCUT2D eigenvalue weighted by atomic mass is 9.87. The number of carbonyl (C=O) groups is 5. The number of amides is 5. The number of alkyl halides is 9. The first kappa shape index (κ1) is 90.2. The number of carbonyl (C=O) groups excluding carboxylic acids is 5. The summed E-state index contributed by atoms with van der Waals surface area (Å²) >= 11 is 0. The number of hydrogen-bond donors (Lipinski definition) is 5. The Morgan fingerprint density at radius 3 is 1.01 bits per heavy atom. The molecule has 7 fully saturated rings. The van der Waals surface area contributed by atoms with Crippen LogP contribution in [0.1, 0.15) is 285 Å². The van der Waals surface area contributed by atoms with Gasteiger partial charge in [0.1, 0.15) is 50.5 Å². The van der Waals surface area contributed by atoms with Crippen molar-refractivity contribution in [2.24, 2.45) is 23.2 Å². The maximum atomic E-state index is 13.0. The normalized spacial score (nSPS) is 16.9. The van der Waals surface area contributed by atoms with Crippen LogP contribution in [0.3, 0.4) is 0 Å². The van der Waals surface area contributed by atoms with Crippen LogP contribution in [-0.2, 0) is 48.9 Å². The zero-order valence-electron chi connectivity index (χ0n) is 71.4. The summed E-state index contributed by atoms with van der Waals surface area (Å²) in [7, 11) is 0. The van der Waals surface area contributed by atoms with E-state index in [1.165, 1.54) is 113 Å². The molecule has 5 N–H and O–H groups in total. The second kappa shape index (κ2) is 38.4. The maximum absolute atomic E-state index is 13.0. The summed E-state index contributed by atoms with van der Waals surface area (Å²) in [6.07, 6.45) is 15.1. The standard InChI is InChI=1S/C19H16F4N4O.C19H23F3N4O.C19H26N4O.C17H21F3N4O.C16H22N4O/c20-12-6-4-11(5-7-12)10-16(28)26-18-24-14-8-9-15(19(21,22)23)25-17(14)27(18)13-2-1-3-13;20-19(21,22)15-10-9-14-17(24-15)26(13-6-3-7-13)18(23-14)25-16(27)11-8-12-4-1-2-5-12;1-13-10-11-16-18(20-13)23(15-8-5-9-15)19(21-16)22-17(24)12-14-6-3-2-4-7-14;1-16(2,3)9-13(25)23-15-21-11-7-8-12(17(18,19)20)22-14(11)24(15)10-5-4-6-10;1-10(2)9-14(21)19-16-18-13-8-7-11(3)17-15(13)20(16)12-5-4-6-12/h4-9,13H,1-3,10H2,(H,24,26,28);9-10,12-13H,1-8,11H2,(H,23,25,27);10-11,14-15H,2-9,12H2,1H3,(H,21,22,24);7-8,10H,4-6,9H2,1-3H3,(H,21,23,25);7-8,10,12H,4-6,9H2,1-3H3,(H,18,19,21). The third-order valence-electron chi connectivity index (χ3n) is 24.3. The molecule has 0 aliphatic heterocycles. The Hall–Kier alpha value is -11.0. The summed E-state index contributed by atoms with van der Waals surface area (Å²) in [6.45, 7) is 13.9. The van der Waals surface area contributed by atoms with Crippen LogP contribution in [0.4, 0.5) is 73.6 Å². The van der Waals surface area contributed by atoms with E-state index in [0.717, 1.165) is 142 Å². The van der Waals surface area contributed by atoms with E-state index in [9.17, 15) is 67.9 Å². The molecule has 7 aliphatic carbocycles. The van der Waals surface area contributed by atoms with Gasteiger partial charge in [-0.3, -0.25) is 73.4 Å². The molecule has 10 aromatic heterocycles. The van der Waals surface area contributed by atoms with E-state index in [1.807, 2.05) is 72.7 Å². The van der Waals surface area contributed by atoms with Gasteiger partial charge in [-0.05, 0) is 231 Å². The Morgan fingerprint density at radius 2 is 0.672 bits per heavy atom. The second-order valence-electron chi connectivity index (χ2n) is 35.9. The highest BCUT2D eigenvalue weighted by Crippen LogP contribution is 2.44. The smallest absolute Gasteiger partial charge is 0.296 e. The molecule has 0 saturated heterocycles. The average molecular weight is 1740 g/mol. The van der Waals surface area contributed by atoms with Gasteiger partial charge in [-0.15, -0.1) is 0 Å². The number of nitrogens with zero attached hydrogens (tertiary/aromatic N) is 15. The lowest BCUT2D eigenvalue weighted by molar-refractivity contribution is -0.141. The predicted octanol–water partition coefficient (Wildman–Crippen LogP) is 22.0. The summed E-state index contributed by atoms with van der Waals surface area (Å²) < 4.78 is 139. The number of halogens is 10. The van der Waals surface area contributed by atoms with Gasteiger partial charge < -0.3 is 0 Å². The Labute approximate surface area is 716 Å². The summed E-state index contributed by atoms with van der Waals surface area (Å²) in [6, 6.07) is 20.9. The lowest BCUT2D eigenvalue weighted by Crippen LogP contribution is -2.25. The molecule has 0 spiro atoms. The van der Waals surface area contributed by atoms with E-state index in [1.54, 1.807) is 13.7 Å². The zero-order valence-corrected chi connectivity index (χ0v) is 71.4. The fraction of sp³-hybridized carbons (Fsp3) is 0.544. The average Bonchev–Trinajstić information content (AvgIpc) is 1.65. The van der Waals surface area contributed by atoms with Crippen LogP contribution in [0.25, 0.3) is 55.8 Å². The minimum Gasteiger partial charge on any atom is -0.296 e. The van der Waals surface area contributed by atoms with Crippen molar-refractivity contribution in [1.29, 1.82) is 0 Å². The van der Waals surface area contributed by atoms with E-state index < -0.39 is 47.3 Å². The number of nitrogens with one attached hydrogen (secondary N) is 5. The van der Waals surface area contributed by atoms with Gasteiger partial charge in [0.15, 0.2) is 28.2 Å². The van der Waals surface area contributed by atoms with E-state index in [4.69, 9.17) is 0 Å². The lowest BCUT2D eigenvalue weighted by Gasteiger charge is -2.28. The van der Waals surface area contributed by atoms with E-state index >= 15 is 0 Å². The summed E-state index contributed by atoms with van der Waals surface area (Å²) in [5.41, 5.74) is 4.52. The molecule has 10 heterocycles. The SMILES string of the molecule is CC(C)(C)CC(=O)Nc1nc2ccc(C(F)(F)F)nc2n1C1CCC1.Cc1ccc2nc(NC(=O)CC(C)C)n(C3CCC3)c2n1.Cc1ccc2nc(NC(=O)CC3CCCCC3)n(C3CCC3)c2n1.O=C(CCC1CCCC1)Nc1nc2ccc(C(F)(F)F)nc2n1C1CCC1.O=C(Cc1ccc(F)cc1)Nc1nc2ccc(C(F)(F)F)nc2n1C1CCC1. The van der Waals surface area contributed by atoms with Crippen LogP contribution in [-0.4, -0.2) is 102 Å². The third kappa shape index (κ3) is 22.4. The van der Waals surface area contributed by atoms with Crippen LogP contribution >= 0.6 is 0 Å². The van der Waals surface area contributed by atoms with Crippen LogP contribution in [0.15, 0.2) is 84.9 Å². The van der Waals surface area contributed by atoms with Gasteiger partial charge in [-0.25, -0.2) is 54.2 Å². The number of rotatable bonds is 20. The number of aromatic nitrogens is 15. The Bertz CT molecular complexity index is 5670. The molecule has 0 unspecified atom stereocenters. The third-order valence-corrected chi connectivity index (χ3v) is 24.3. The molecule has 5 amide bonds. The molecule has 25 nitrogen and oxygen atoms in total. The van der Waals surface area contributed by atoms with Crippen LogP contribution in [0, 0.1) is 42.8 Å². The highest BCUT2D eigenvalue weighted by Gasteiger charge is 2.39. The number of imidazole rings is 5. The van der Waals surface area contributed by atoms with Gasteiger partial charge in [0.25, 0.3) is 0 Å². The summed E-state index contributed by atoms with van der Waals surface area (Å²) in [5, 5.41) is 14.3. The predicted molar refractivity (Wildman–Crippen MR) is 456 cm³/mol. The summed E-state index contributed by atoms with van der Waals surface area (Å²) in [5.74, 6) is 2.61. The van der Waals surface area contributed by atoms with Crippen LogP contribution in [0.2, 0.25) is 0 Å². The molecule has 11 aromatic rings. The number of pyridine rings is 5. The molecule has 7 saturated carbocycles. The molecule has 668 valence electrons. The van der Waals surface area contributed by atoms with Crippen LogP contribution in [0.5, 0.6) is 0 Å². The number of fused-ring (bicyclic) bond motifs is 5. The van der Waals surface area contributed by atoms with Crippen molar-refractivity contribution in [3.05, 3.63) is 125 Å². The Kier molecular flexibility index (Phi) is 27.7. The van der Waals surface area contributed by atoms with Crippen molar-refractivity contribution < 1.29 is 67.9 Å². The van der Waals surface area contributed by atoms with E-state index in [2.05, 4.69) is 85.6 Å². The number of hydrogen-bond acceptors (Lipinski definition) is 15. The van der Waals surface area contributed by atoms with E-state index in [-0.39, 0.29) is 87.9 Å². The Morgan fingerprint density at radius 1 is 0.360 bits per heavy atom. The van der Waals surface area contributed by atoms with Gasteiger partial charge in [0.05, 0.1) is 6.42 Å². The largest absolute Gasteiger partial charge is 0.433 e. The quantitative estimate of drug-likeness (QED) is 0.0443. The molecule has 7 aliphatic rings. The topological polar surface area (TPSA) is 299 Å². The van der Waals surface area contributed by atoms with E-state index in [0.29, 0.717) is 90.0 Å². The second-order valence-corrected chi connectivity index (χ2v) is 35.9. The van der Waals surface area contributed by atoms with Gasteiger partial charge in [-0.2, -0.15) is 39.5 Å². The number of anilines is 5. The van der Waals surface area contributed by atoms with Crippen molar-refractivity contribution in [2.75, 3.05) is 26.6 Å². The van der Waals surface area contributed by atoms with Gasteiger partial charge in [-0.1, -0.05) is 91.7 Å². The highest BCUT2D eigenvalue weighted by atomic mass is 19.4. The minimum atomic E-state index is -4.56. The first-order valence-electron chi connectivity index (χ1n) is 43.9. The van der Waals surface area contributed by atoms with Gasteiger partial charge in [0, 0.05) is 67.3 Å². The van der Waals surface area contributed by atoms with Gasteiger partial charge in [0.2, 0.25) is 59.3 Å². The molecule has 18 rings (SSSR count). The van der Waals surface area contributed by atoms with Crippen molar-refractivity contribution in [2.45, 2.75) is 290 Å². The van der Waals surface area contributed by atoms with Crippen molar-refractivity contribution in [3.8, 4) is 0 Å². The fourth-order valence-electron chi connectivity index (χ4n) is 16.7. The first-order valence-corrected chi connectivity index (χ1v) is 43.9. The number of benzene rings is 1. The van der Waals surface area contributed by atoms with Crippen molar-refractivity contribution in [1.82, 2.24) is 72.7 Å². The van der Waals surface area contributed by atoms with Crippen LogP contribution < -0.4 is 26.6 Å². The molecular weight excluding hydrogens is 1630 g/mol. The first-order chi connectivity index (χ1) is 59.5. The maximum Gasteiger partial charge on any atom is 0.433 e. The van der Waals surface area contributed by atoms with Gasteiger partial charge >= 0.3 is 18.5 Å². The Balaban J connectivity index is 0.000000127. The summed E-state index contributed by atoms with van der Waals surface area (Å²) in [4.78, 5) is 104.